The number of nitrogens with zero attached hydrogens (tertiary/aromatic N) is 1. The van der Waals surface area contributed by atoms with Crippen LogP contribution in [0.2, 0.25) is 0 Å². The summed E-state index contributed by atoms with van der Waals surface area (Å²) in [5, 5.41) is 10.2. The van der Waals surface area contributed by atoms with E-state index in [1.54, 1.807) is 12.1 Å². The Morgan fingerprint density at radius 2 is 1.53 bits per heavy atom. The molecule has 6 heteroatoms. The van der Waals surface area contributed by atoms with E-state index in [1.165, 1.54) is 4.90 Å². The third-order valence-corrected chi connectivity index (χ3v) is 6.79. The number of rotatable bonds is 8. The predicted octanol–water partition coefficient (Wildman–Crippen LogP) is 5.73. The van der Waals surface area contributed by atoms with Gasteiger partial charge in [-0.2, -0.15) is 0 Å². The number of carboxylic acids is 1. The monoisotopic (exact) mass is 507 g/mol. The SMILES string of the molecule is Cc1ccc2c(c1OCc1ccccc1)C[C@@H](C(=O)O)N(C(=O)[C@@H](Oc1ccccc1)c1ccccc1)C2. The summed E-state index contributed by atoms with van der Waals surface area (Å²) in [6, 6.07) is 31.0. The molecule has 0 saturated heterocycles. The van der Waals surface area contributed by atoms with Crippen LogP contribution in [-0.2, 0) is 29.2 Å². The standard InChI is InChI=1S/C32H29NO5/c1-22-17-18-25-20-33(28(32(35)36)19-27(25)29(22)37-21-23-11-5-2-6-12-23)31(34)30(24-13-7-3-8-14-24)38-26-15-9-4-10-16-26/h2-18,28,30H,19-21H2,1H3,(H,35,36)/t28-,30-/m0/s1. The molecule has 0 bridgehead atoms. The van der Waals surface area contributed by atoms with Crippen LogP contribution >= 0.6 is 0 Å². The third kappa shape index (κ3) is 5.39. The number of amides is 1. The Hall–Kier alpha value is -4.58. The normalized spacial score (nSPS) is 15.3. The zero-order chi connectivity index (χ0) is 26.5. The van der Waals surface area contributed by atoms with E-state index in [-0.39, 0.29) is 13.0 Å². The highest BCUT2D eigenvalue weighted by Crippen LogP contribution is 2.36. The van der Waals surface area contributed by atoms with Crippen LogP contribution in [0.3, 0.4) is 0 Å². The van der Waals surface area contributed by atoms with Crippen molar-refractivity contribution in [3.63, 3.8) is 0 Å². The van der Waals surface area contributed by atoms with Crippen molar-refractivity contribution in [3.05, 3.63) is 131 Å². The topological polar surface area (TPSA) is 76.1 Å². The zero-order valence-electron chi connectivity index (χ0n) is 21.1. The molecule has 38 heavy (non-hydrogen) atoms. The number of para-hydroxylation sites is 1. The highest BCUT2D eigenvalue weighted by Gasteiger charge is 2.40. The van der Waals surface area contributed by atoms with Gasteiger partial charge in [-0.3, -0.25) is 4.79 Å². The molecule has 1 aliphatic heterocycles. The maximum atomic E-state index is 14.0. The molecule has 5 rings (SSSR count). The van der Waals surface area contributed by atoms with Crippen molar-refractivity contribution in [1.29, 1.82) is 0 Å². The van der Waals surface area contributed by atoms with Crippen molar-refractivity contribution >= 4 is 11.9 Å². The molecular formula is C32H29NO5. The molecule has 0 aliphatic carbocycles. The van der Waals surface area contributed by atoms with E-state index in [4.69, 9.17) is 9.47 Å². The lowest BCUT2D eigenvalue weighted by Gasteiger charge is -2.37. The largest absolute Gasteiger partial charge is 0.488 e. The molecule has 4 aromatic carbocycles. The van der Waals surface area contributed by atoms with Gasteiger partial charge >= 0.3 is 5.97 Å². The second-order valence-electron chi connectivity index (χ2n) is 9.37. The van der Waals surface area contributed by atoms with Crippen molar-refractivity contribution in [3.8, 4) is 11.5 Å². The first-order chi connectivity index (χ1) is 18.5. The molecular weight excluding hydrogens is 478 g/mol. The van der Waals surface area contributed by atoms with Crippen molar-refractivity contribution in [2.45, 2.75) is 38.6 Å². The Balaban J connectivity index is 1.47. The smallest absolute Gasteiger partial charge is 0.326 e. The van der Waals surface area contributed by atoms with Gasteiger partial charge in [0.15, 0.2) is 0 Å². The fourth-order valence-corrected chi connectivity index (χ4v) is 4.81. The first-order valence-corrected chi connectivity index (χ1v) is 12.6. The van der Waals surface area contributed by atoms with Gasteiger partial charge in [-0.25, -0.2) is 4.79 Å². The number of benzene rings is 4. The zero-order valence-corrected chi connectivity index (χ0v) is 21.1. The van der Waals surface area contributed by atoms with E-state index in [9.17, 15) is 14.7 Å². The summed E-state index contributed by atoms with van der Waals surface area (Å²) in [4.78, 5) is 27.9. The van der Waals surface area contributed by atoms with Crippen LogP contribution in [0.5, 0.6) is 11.5 Å². The Bertz CT molecular complexity index is 1410. The summed E-state index contributed by atoms with van der Waals surface area (Å²) >= 11 is 0. The fourth-order valence-electron chi connectivity index (χ4n) is 4.81. The van der Waals surface area contributed by atoms with Crippen molar-refractivity contribution in [1.82, 2.24) is 4.90 Å². The van der Waals surface area contributed by atoms with Gasteiger partial charge in [0.25, 0.3) is 5.91 Å². The van der Waals surface area contributed by atoms with Gasteiger partial charge in [0.2, 0.25) is 6.10 Å². The quantitative estimate of drug-likeness (QED) is 0.330. The molecule has 1 N–H and O–H groups in total. The van der Waals surface area contributed by atoms with Gasteiger partial charge in [0.05, 0.1) is 0 Å². The van der Waals surface area contributed by atoms with E-state index in [2.05, 4.69) is 0 Å². The minimum atomic E-state index is -1.06. The number of carboxylic acid groups (broad SMARTS) is 1. The fraction of sp³-hybridized carbons (Fsp3) is 0.188. The first kappa shape index (κ1) is 25.1. The molecule has 0 fully saturated rings. The lowest BCUT2D eigenvalue weighted by Crippen LogP contribution is -2.51. The minimum Gasteiger partial charge on any atom is -0.488 e. The Morgan fingerprint density at radius 3 is 2.18 bits per heavy atom. The number of ether oxygens (including phenoxy) is 2. The highest BCUT2D eigenvalue weighted by atomic mass is 16.5. The van der Waals surface area contributed by atoms with Gasteiger partial charge < -0.3 is 19.5 Å². The Labute approximate surface area is 222 Å². The van der Waals surface area contributed by atoms with E-state index in [1.807, 2.05) is 97.9 Å². The van der Waals surface area contributed by atoms with Gasteiger partial charge in [0.1, 0.15) is 24.1 Å². The molecule has 6 nitrogen and oxygen atoms in total. The number of fused-ring (bicyclic) bond motifs is 1. The minimum absolute atomic E-state index is 0.147. The van der Waals surface area contributed by atoms with Crippen molar-refractivity contribution in [2.24, 2.45) is 0 Å². The Kier molecular flexibility index (Phi) is 7.40. The average Bonchev–Trinajstić information content (AvgIpc) is 2.96. The second-order valence-corrected chi connectivity index (χ2v) is 9.37. The van der Waals surface area contributed by atoms with Crippen LogP contribution in [0.4, 0.5) is 0 Å². The summed E-state index contributed by atoms with van der Waals surface area (Å²) in [5.41, 5.74) is 4.31. The number of hydrogen-bond donors (Lipinski definition) is 1. The summed E-state index contributed by atoms with van der Waals surface area (Å²) in [7, 11) is 0. The highest BCUT2D eigenvalue weighted by molar-refractivity contribution is 5.88. The maximum Gasteiger partial charge on any atom is 0.326 e. The number of hydrogen-bond acceptors (Lipinski definition) is 4. The molecule has 0 saturated carbocycles. The van der Waals surface area contributed by atoms with E-state index < -0.39 is 24.0 Å². The molecule has 4 aromatic rings. The maximum absolute atomic E-state index is 14.0. The molecule has 1 aliphatic rings. The lowest BCUT2D eigenvalue weighted by molar-refractivity contribution is -0.155. The summed E-state index contributed by atoms with van der Waals surface area (Å²) in [5.74, 6) is -0.243. The van der Waals surface area contributed by atoms with Gasteiger partial charge in [0, 0.05) is 24.1 Å². The number of aryl methyl sites for hydroxylation is 1. The number of carbonyl (C=O) groups is 2. The molecule has 1 heterocycles. The molecule has 2 atom stereocenters. The molecule has 1 amide bonds. The van der Waals surface area contributed by atoms with Gasteiger partial charge in [-0.05, 0) is 35.7 Å². The molecule has 0 radical (unpaired) electrons. The second kappa shape index (κ2) is 11.2. The van der Waals surface area contributed by atoms with Crippen LogP contribution in [-0.4, -0.2) is 27.9 Å². The van der Waals surface area contributed by atoms with E-state index in [0.717, 1.165) is 22.3 Å². The van der Waals surface area contributed by atoms with E-state index in [0.29, 0.717) is 23.7 Å². The summed E-state index contributed by atoms with van der Waals surface area (Å²) < 4.78 is 12.4. The van der Waals surface area contributed by atoms with E-state index >= 15 is 0 Å². The van der Waals surface area contributed by atoms with Crippen LogP contribution in [0.1, 0.15) is 33.9 Å². The molecule has 0 unspecified atom stereocenters. The molecule has 0 spiro atoms. The van der Waals surface area contributed by atoms with Gasteiger partial charge in [-0.1, -0.05) is 91.0 Å². The number of aliphatic carboxylic acids is 1. The summed E-state index contributed by atoms with van der Waals surface area (Å²) in [6.07, 6.45) is -0.837. The lowest BCUT2D eigenvalue weighted by atomic mass is 9.90. The van der Waals surface area contributed by atoms with Gasteiger partial charge in [-0.15, -0.1) is 0 Å². The van der Waals surface area contributed by atoms with Crippen LogP contribution in [0.15, 0.2) is 103 Å². The average molecular weight is 508 g/mol. The van der Waals surface area contributed by atoms with Crippen molar-refractivity contribution < 1.29 is 24.2 Å². The third-order valence-electron chi connectivity index (χ3n) is 6.79. The predicted molar refractivity (Wildman–Crippen MR) is 144 cm³/mol. The number of carbonyl (C=O) groups excluding carboxylic acids is 1. The van der Waals surface area contributed by atoms with Crippen molar-refractivity contribution in [2.75, 3.05) is 0 Å². The van der Waals surface area contributed by atoms with Crippen LogP contribution in [0, 0.1) is 6.92 Å². The molecule has 0 aromatic heterocycles. The first-order valence-electron chi connectivity index (χ1n) is 12.6. The Morgan fingerprint density at radius 1 is 0.895 bits per heavy atom. The molecule has 192 valence electrons. The van der Waals surface area contributed by atoms with Crippen LogP contribution in [0.25, 0.3) is 0 Å². The summed E-state index contributed by atoms with van der Waals surface area (Å²) in [6.45, 7) is 2.47. The van der Waals surface area contributed by atoms with Crippen LogP contribution < -0.4 is 9.47 Å².